The molecule has 1 aromatic rings. The minimum atomic E-state index is 0.338. The highest BCUT2D eigenvalue weighted by Gasteiger charge is 2.08. The summed E-state index contributed by atoms with van der Waals surface area (Å²) in [5.74, 6) is 0. The molecule has 2 unspecified atom stereocenters. The molecule has 0 saturated carbocycles. The number of hydrogen-bond donors (Lipinski definition) is 1. The van der Waals surface area contributed by atoms with Crippen molar-refractivity contribution < 1.29 is 4.74 Å². The molecule has 0 spiro atoms. The first kappa shape index (κ1) is 12.1. The van der Waals surface area contributed by atoms with Crippen LogP contribution in [0.5, 0.6) is 0 Å². The molecule has 1 aromatic heterocycles. The van der Waals surface area contributed by atoms with Crippen molar-refractivity contribution in [3.8, 4) is 0 Å². The van der Waals surface area contributed by atoms with Gasteiger partial charge in [-0.3, -0.25) is 4.98 Å². The quantitative estimate of drug-likeness (QED) is 0.778. The Morgan fingerprint density at radius 2 is 2.27 bits per heavy atom. The normalized spacial score (nSPS) is 14.9. The molecule has 3 nitrogen and oxygen atoms in total. The lowest BCUT2D eigenvalue weighted by Gasteiger charge is -2.19. The van der Waals surface area contributed by atoms with Crippen molar-refractivity contribution in [2.75, 3.05) is 13.7 Å². The Morgan fingerprint density at radius 3 is 2.87 bits per heavy atom. The SMILES string of the molecule is COCCC(C)NC(C)c1cccnc1. The van der Waals surface area contributed by atoms with Gasteiger partial charge in [0.2, 0.25) is 0 Å². The van der Waals surface area contributed by atoms with Gasteiger partial charge in [-0.15, -0.1) is 0 Å². The van der Waals surface area contributed by atoms with Crippen molar-refractivity contribution >= 4 is 0 Å². The zero-order valence-corrected chi connectivity index (χ0v) is 9.73. The predicted octanol–water partition coefficient (Wildman–Crippen LogP) is 2.16. The summed E-state index contributed by atoms with van der Waals surface area (Å²) in [6.07, 6.45) is 4.73. The lowest BCUT2D eigenvalue weighted by atomic mass is 10.1. The largest absolute Gasteiger partial charge is 0.385 e. The minimum absolute atomic E-state index is 0.338. The number of rotatable bonds is 6. The second-order valence-electron chi connectivity index (χ2n) is 3.86. The molecule has 1 heterocycles. The average molecular weight is 208 g/mol. The van der Waals surface area contributed by atoms with Gasteiger partial charge < -0.3 is 10.1 Å². The highest BCUT2D eigenvalue weighted by molar-refractivity contribution is 5.12. The maximum Gasteiger partial charge on any atom is 0.0476 e. The molecule has 3 heteroatoms. The van der Waals surface area contributed by atoms with Crippen LogP contribution in [-0.4, -0.2) is 24.7 Å². The third kappa shape index (κ3) is 4.40. The van der Waals surface area contributed by atoms with Crippen LogP contribution in [0.15, 0.2) is 24.5 Å². The van der Waals surface area contributed by atoms with Gasteiger partial charge in [-0.05, 0) is 31.9 Å². The van der Waals surface area contributed by atoms with Gasteiger partial charge in [-0.25, -0.2) is 0 Å². The van der Waals surface area contributed by atoms with Gasteiger partial charge in [0, 0.05) is 38.2 Å². The summed E-state index contributed by atoms with van der Waals surface area (Å²) in [5, 5.41) is 3.51. The number of ether oxygens (including phenoxy) is 1. The van der Waals surface area contributed by atoms with Crippen LogP contribution in [-0.2, 0) is 4.74 Å². The number of nitrogens with zero attached hydrogens (tertiary/aromatic N) is 1. The lowest BCUT2D eigenvalue weighted by molar-refractivity contribution is 0.183. The molecular formula is C12H20N2O. The first-order valence-electron chi connectivity index (χ1n) is 5.39. The third-order valence-corrected chi connectivity index (χ3v) is 2.47. The standard InChI is InChI=1S/C12H20N2O/c1-10(6-8-15-3)14-11(2)12-5-4-7-13-9-12/h4-5,7,9-11,14H,6,8H2,1-3H3. The molecule has 0 saturated heterocycles. The van der Waals surface area contributed by atoms with Crippen LogP contribution in [0.1, 0.15) is 31.9 Å². The molecule has 0 aliphatic rings. The second-order valence-corrected chi connectivity index (χ2v) is 3.86. The van der Waals surface area contributed by atoms with Crippen molar-refractivity contribution in [1.82, 2.24) is 10.3 Å². The Balaban J connectivity index is 2.38. The van der Waals surface area contributed by atoms with E-state index in [-0.39, 0.29) is 0 Å². The molecule has 0 aliphatic heterocycles. The van der Waals surface area contributed by atoms with E-state index in [9.17, 15) is 0 Å². The zero-order chi connectivity index (χ0) is 11.1. The molecule has 0 aromatic carbocycles. The molecule has 0 radical (unpaired) electrons. The van der Waals surface area contributed by atoms with Crippen LogP contribution in [0.25, 0.3) is 0 Å². The molecule has 1 N–H and O–H groups in total. The number of pyridine rings is 1. The van der Waals surface area contributed by atoms with E-state index in [0.29, 0.717) is 12.1 Å². The van der Waals surface area contributed by atoms with Crippen LogP contribution >= 0.6 is 0 Å². The number of methoxy groups -OCH3 is 1. The topological polar surface area (TPSA) is 34.1 Å². The smallest absolute Gasteiger partial charge is 0.0476 e. The fourth-order valence-electron chi connectivity index (χ4n) is 1.53. The van der Waals surface area contributed by atoms with Crippen LogP contribution in [0.3, 0.4) is 0 Å². The third-order valence-electron chi connectivity index (χ3n) is 2.47. The molecule has 15 heavy (non-hydrogen) atoms. The Kier molecular flexibility index (Phi) is 5.29. The maximum absolute atomic E-state index is 5.05. The van der Waals surface area contributed by atoms with Crippen LogP contribution in [0, 0.1) is 0 Å². The van der Waals surface area contributed by atoms with Gasteiger partial charge in [-0.2, -0.15) is 0 Å². The summed E-state index contributed by atoms with van der Waals surface area (Å²) in [5.41, 5.74) is 1.22. The molecule has 2 atom stereocenters. The Bertz CT molecular complexity index is 264. The number of hydrogen-bond acceptors (Lipinski definition) is 3. The molecular weight excluding hydrogens is 188 g/mol. The Labute approximate surface area is 91.9 Å². The van der Waals surface area contributed by atoms with Gasteiger partial charge in [0.05, 0.1) is 0 Å². The molecule has 0 bridgehead atoms. The van der Waals surface area contributed by atoms with Crippen molar-refractivity contribution in [2.24, 2.45) is 0 Å². The second kappa shape index (κ2) is 6.53. The van der Waals surface area contributed by atoms with Crippen molar-refractivity contribution in [3.05, 3.63) is 30.1 Å². The van der Waals surface area contributed by atoms with Gasteiger partial charge in [0.1, 0.15) is 0 Å². The molecule has 84 valence electrons. The maximum atomic E-state index is 5.05. The lowest BCUT2D eigenvalue weighted by Crippen LogP contribution is -2.29. The first-order valence-corrected chi connectivity index (χ1v) is 5.39. The van der Waals surface area contributed by atoms with Crippen LogP contribution in [0.4, 0.5) is 0 Å². The minimum Gasteiger partial charge on any atom is -0.385 e. The van der Waals surface area contributed by atoms with Crippen LogP contribution < -0.4 is 5.32 Å². The summed E-state index contributed by atoms with van der Waals surface area (Å²) in [7, 11) is 1.73. The molecule has 1 rings (SSSR count). The molecule has 0 amide bonds. The molecule has 0 fully saturated rings. The van der Waals surface area contributed by atoms with Crippen molar-refractivity contribution in [2.45, 2.75) is 32.4 Å². The highest BCUT2D eigenvalue weighted by atomic mass is 16.5. The number of aromatic nitrogens is 1. The fraction of sp³-hybridized carbons (Fsp3) is 0.583. The average Bonchev–Trinajstić information content (AvgIpc) is 2.27. The van der Waals surface area contributed by atoms with E-state index in [1.165, 1.54) is 5.56 Å². The Morgan fingerprint density at radius 1 is 1.47 bits per heavy atom. The first-order chi connectivity index (χ1) is 7.24. The summed E-state index contributed by atoms with van der Waals surface area (Å²) < 4.78 is 5.05. The summed E-state index contributed by atoms with van der Waals surface area (Å²) >= 11 is 0. The van der Waals surface area contributed by atoms with Gasteiger partial charge in [-0.1, -0.05) is 6.07 Å². The van der Waals surface area contributed by atoms with Gasteiger partial charge in [0.15, 0.2) is 0 Å². The summed E-state index contributed by atoms with van der Waals surface area (Å²) in [4.78, 5) is 4.11. The van der Waals surface area contributed by atoms with Gasteiger partial charge in [0.25, 0.3) is 0 Å². The zero-order valence-electron chi connectivity index (χ0n) is 9.73. The highest BCUT2D eigenvalue weighted by Crippen LogP contribution is 2.11. The number of nitrogens with one attached hydrogen (secondary N) is 1. The van der Waals surface area contributed by atoms with Crippen molar-refractivity contribution in [3.63, 3.8) is 0 Å². The summed E-state index contributed by atoms with van der Waals surface area (Å²) in [6, 6.07) is 4.85. The van der Waals surface area contributed by atoms with E-state index in [4.69, 9.17) is 4.74 Å². The van der Waals surface area contributed by atoms with E-state index in [2.05, 4.69) is 30.2 Å². The molecule has 0 aliphatic carbocycles. The van der Waals surface area contributed by atoms with E-state index in [0.717, 1.165) is 13.0 Å². The van der Waals surface area contributed by atoms with Crippen molar-refractivity contribution in [1.29, 1.82) is 0 Å². The van der Waals surface area contributed by atoms with Crippen LogP contribution in [0.2, 0.25) is 0 Å². The fourth-order valence-corrected chi connectivity index (χ4v) is 1.53. The Hall–Kier alpha value is -0.930. The monoisotopic (exact) mass is 208 g/mol. The van der Waals surface area contributed by atoms with E-state index < -0.39 is 0 Å². The van der Waals surface area contributed by atoms with E-state index >= 15 is 0 Å². The summed E-state index contributed by atoms with van der Waals surface area (Å²) in [6.45, 7) is 5.13. The van der Waals surface area contributed by atoms with E-state index in [1.807, 2.05) is 12.3 Å². The van der Waals surface area contributed by atoms with Gasteiger partial charge >= 0.3 is 0 Å². The van der Waals surface area contributed by atoms with E-state index in [1.54, 1.807) is 13.3 Å². The predicted molar refractivity (Wildman–Crippen MR) is 61.7 cm³/mol.